The van der Waals surface area contributed by atoms with Crippen LogP contribution in [0.4, 0.5) is 0 Å². The maximum Gasteiger partial charge on any atom is 0.267 e. The van der Waals surface area contributed by atoms with Crippen LogP contribution in [0.15, 0.2) is 29.2 Å². The van der Waals surface area contributed by atoms with Gasteiger partial charge in [-0.3, -0.25) is 10.0 Å². The lowest BCUT2D eigenvalue weighted by atomic mass is 9.95. The molecule has 0 aromatic heterocycles. The van der Waals surface area contributed by atoms with Crippen molar-refractivity contribution in [3.8, 4) is 5.75 Å². The lowest BCUT2D eigenvalue weighted by Gasteiger charge is -2.37. The Balaban J connectivity index is 2.30. The Kier molecular flexibility index (Phi) is 8.27. The highest BCUT2D eigenvalue weighted by molar-refractivity contribution is 7.93. The third-order valence-electron chi connectivity index (χ3n) is 5.17. The fourth-order valence-electron chi connectivity index (χ4n) is 3.35. The average Bonchev–Trinajstić information content (AvgIpc) is 2.72. The summed E-state index contributed by atoms with van der Waals surface area (Å²) in [4.78, 5) is 13.1. The number of unbranched alkanes of at least 4 members (excludes halogenated alkanes) is 2. The van der Waals surface area contributed by atoms with E-state index in [1.807, 2.05) is 6.92 Å². The Morgan fingerprint density at radius 3 is 2.32 bits per heavy atom. The Hall–Kier alpha value is -1.64. The Labute approximate surface area is 167 Å². The number of hydroxylamine groups is 2. The normalized spacial score (nSPS) is 16.5. The Morgan fingerprint density at radius 2 is 1.75 bits per heavy atom. The largest absolute Gasteiger partial charge is 0.494 e. The van der Waals surface area contributed by atoms with Crippen LogP contribution in [0.2, 0.25) is 0 Å². The number of hydrogen-bond donors (Lipinski definition) is 2. The fraction of sp³-hybridized carbons (Fsp3) is 0.650. The second kappa shape index (κ2) is 10.2. The second-order valence-corrected chi connectivity index (χ2v) is 9.46. The van der Waals surface area contributed by atoms with Gasteiger partial charge < -0.3 is 10.1 Å². The summed E-state index contributed by atoms with van der Waals surface area (Å²) in [6, 6.07) is 6.22. The SMILES string of the molecule is CCCCOc1ccc(S(=O)(=O)C2(C(=O)N(O)CCCC)CCNCC2)cc1. The molecule has 158 valence electrons. The highest BCUT2D eigenvalue weighted by atomic mass is 32.2. The van der Waals surface area contributed by atoms with E-state index < -0.39 is 20.5 Å². The van der Waals surface area contributed by atoms with Gasteiger partial charge in [-0.1, -0.05) is 26.7 Å². The van der Waals surface area contributed by atoms with E-state index in [0.717, 1.165) is 19.3 Å². The van der Waals surface area contributed by atoms with Crippen molar-refractivity contribution in [2.24, 2.45) is 0 Å². The van der Waals surface area contributed by atoms with Crippen molar-refractivity contribution in [2.45, 2.75) is 62.0 Å². The van der Waals surface area contributed by atoms with Crippen LogP contribution in [-0.2, 0) is 14.6 Å². The molecule has 1 heterocycles. The minimum Gasteiger partial charge on any atom is -0.494 e. The zero-order valence-electron chi connectivity index (χ0n) is 16.8. The summed E-state index contributed by atoms with van der Waals surface area (Å²) in [6.07, 6.45) is 3.61. The van der Waals surface area contributed by atoms with Crippen LogP contribution in [0.1, 0.15) is 52.4 Å². The predicted octanol–water partition coefficient (Wildman–Crippen LogP) is 2.78. The molecule has 7 nitrogen and oxygen atoms in total. The minimum atomic E-state index is -3.98. The highest BCUT2D eigenvalue weighted by Gasteiger charge is 2.53. The van der Waals surface area contributed by atoms with Gasteiger partial charge in [0.1, 0.15) is 5.75 Å². The molecule has 28 heavy (non-hydrogen) atoms. The number of nitrogens with zero attached hydrogens (tertiary/aromatic N) is 1. The van der Waals surface area contributed by atoms with Gasteiger partial charge in [-0.25, -0.2) is 13.5 Å². The standard InChI is InChI=1S/C20H32N2O5S/c1-3-5-15-22(24)19(23)20(11-13-21-14-12-20)28(25,26)18-9-7-17(8-10-18)27-16-6-4-2/h7-10,21,24H,3-6,11-16H2,1-2H3. The van der Waals surface area contributed by atoms with Crippen molar-refractivity contribution < 1.29 is 23.2 Å². The van der Waals surface area contributed by atoms with E-state index in [4.69, 9.17) is 4.74 Å². The van der Waals surface area contributed by atoms with Gasteiger partial charge in [-0.05, 0) is 63.0 Å². The molecule has 1 amide bonds. The third kappa shape index (κ3) is 4.85. The molecule has 0 aliphatic carbocycles. The van der Waals surface area contributed by atoms with Crippen molar-refractivity contribution in [1.82, 2.24) is 10.4 Å². The van der Waals surface area contributed by atoms with Gasteiger partial charge in [0.05, 0.1) is 11.5 Å². The number of ether oxygens (including phenoxy) is 1. The molecule has 0 saturated carbocycles. The molecular weight excluding hydrogens is 380 g/mol. The number of hydrogen-bond acceptors (Lipinski definition) is 6. The van der Waals surface area contributed by atoms with Crippen molar-refractivity contribution in [3.05, 3.63) is 24.3 Å². The highest BCUT2D eigenvalue weighted by Crippen LogP contribution is 2.36. The first-order valence-electron chi connectivity index (χ1n) is 10.1. The number of piperidine rings is 1. The topological polar surface area (TPSA) is 95.9 Å². The summed E-state index contributed by atoms with van der Waals surface area (Å²) in [5.41, 5.74) is 0. The van der Waals surface area contributed by atoms with Crippen LogP contribution in [0, 0.1) is 0 Å². The second-order valence-electron chi connectivity index (χ2n) is 7.20. The van der Waals surface area contributed by atoms with Gasteiger partial charge in [0.25, 0.3) is 5.91 Å². The molecule has 0 spiro atoms. The number of carbonyl (C=O) groups is 1. The molecule has 0 radical (unpaired) electrons. The average molecular weight is 413 g/mol. The lowest BCUT2D eigenvalue weighted by molar-refractivity contribution is -0.169. The minimum absolute atomic E-state index is 0.0782. The van der Waals surface area contributed by atoms with Crippen LogP contribution in [0.5, 0.6) is 5.75 Å². The number of nitrogens with one attached hydrogen (secondary N) is 1. The first kappa shape index (κ1) is 22.6. The molecule has 1 aromatic rings. The first-order chi connectivity index (χ1) is 13.4. The van der Waals surface area contributed by atoms with E-state index in [0.29, 0.717) is 36.9 Å². The van der Waals surface area contributed by atoms with Crippen molar-refractivity contribution in [3.63, 3.8) is 0 Å². The molecule has 0 bridgehead atoms. The molecule has 2 N–H and O–H groups in total. The van der Waals surface area contributed by atoms with E-state index in [-0.39, 0.29) is 24.3 Å². The van der Waals surface area contributed by atoms with Crippen LogP contribution in [0.3, 0.4) is 0 Å². The monoisotopic (exact) mass is 412 g/mol. The number of carbonyl (C=O) groups excluding carboxylic acids is 1. The zero-order valence-corrected chi connectivity index (χ0v) is 17.6. The van der Waals surface area contributed by atoms with E-state index in [2.05, 4.69) is 12.2 Å². The van der Waals surface area contributed by atoms with E-state index in [1.165, 1.54) is 12.1 Å². The quantitative estimate of drug-likeness (QED) is 0.349. The van der Waals surface area contributed by atoms with E-state index in [9.17, 15) is 18.4 Å². The molecule has 8 heteroatoms. The van der Waals surface area contributed by atoms with Crippen LogP contribution >= 0.6 is 0 Å². The summed E-state index contributed by atoms with van der Waals surface area (Å²) in [5.74, 6) is -0.129. The molecular formula is C20H32N2O5S. The van der Waals surface area contributed by atoms with Gasteiger partial charge in [0, 0.05) is 6.54 Å². The summed E-state index contributed by atoms with van der Waals surface area (Å²) in [7, 11) is -3.98. The maximum absolute atomic E-state index is 13.5. The van der Waals surface area contributed by atoms with E-state index >= 15 is 0 Å². The van der Waals surface area contributed by atoms with Crippen LogP contribution < -0.4 is 10.1 Å². The zero-order chi connectivity index (χ0) is 20.6. The van der Waals surface area contributed by atoms with Crippen LogP contribution in [-0.4, -0.2) is 55.6 Å². The fourth-order valence-corrected chi connectivity index (χ4v) is 5.37. The molecule has 1 aliphatic heterocycles. The smallest absolute Gasteiger partial charge is 0.267 e. The number of rotatable bonds is 10. The lowest BCUT2D eigenvalue weighted by Crippen LogP contribution is -2.58. The molecule has 2 rings (SSSR count). The number of amides is 1. The Bertz CT molecular complexity index is 727. The number of sulfone groups is 1. The van der Waals surface area contributed by atoms with Gasteiger partial charge in [-0.15, -0.1) is 0 Å². The summed E-state index contributed by atoms with van der Waals surface area (Å²) in [6.45, 7) is 5.53. The van der Waals surface area contributed by atoms with Crippen molar-refractivity contribution >= 4 is 15.7 Å². The maximum atomic E-state index is 13.5. The summed E-state index contributed by atoms with van der Waals surface area (Å²) >= 11 is 0. The van der Waals surface area contributed by atoms with Gasteiger partial charge in [0.15, 0.2) is 14.6 Å². The van der Waals surface area contributed by atoms with E-state index in [1.54, 1.807) is 12.1 Å². The molecule has 1 fully saturated rings. The first-order valence-corrected chi connectivity index (χ1v) is 11.6. The number of benzene rings is 1. The summed E-state index contributed by atoms with van der Waals surface area (Å²) < 4.78 is 30.9. The molecule has 0 atom stereocenters. The molecule has 1 aliphatic rings. The van der Waals surface area contributed by atoms with Crippen LogP contribution in [0.25, 0.3) is 0 Å². The Morgan fingerprint density at radius 1 is 1.14 bits per heavy atom. The van der Waals surface area contributed by atoms with Crippen molar-refractivity contribution in [1.29, 1.82) is 0 Å². The molecule has 0 unspecified atom stereocenters. The summed E-state index contributed by atoms with van der Waals surface area (Å²) in [5, 5.41) is 13.9. The predicted molar refractivity (Wildman–Crippen MR) is 107 cm³/mol. The van der Waals surface area contributed by atoms with Crippen molar-refractivity contribution in [2.75, 3.05) is 26.2 Å². The van der Waals surface area contributed by atoms with Gasteiger partial charge in [-0.2, -0.15) is 0 Å². The molecule has 1 saturated heterocycles. The third-order valence-corrected chi connectivity index (χ3v) is 7.68. The van der Waals surface area contributed by atoms with Gasteiger partial charge >= 0.3 is 0 Å². The molecule has 1 aromatic carbocycles. The van der Waals surface area contributed by atoms with Gasteiger partial charge in [0.2, 0.25) is 0 Å².